The SMILES string of the molecule is CCCNC(c1ccc(Br)c(C)c1)c1ccc(C)cc1C. The van der Waals surface area contributed by atoms with Crippen LogP contribution in [0.4, 0.5) is 0 Å². The van der Waals surface area contributed by atoms with Crippen molar-refractivity contribution in [2.24, 2.45) is 0 Å². The monoisotopic (exact) mass is 345 g/mol. The second kappa shape index (κ2) is 7.24. The average Bonchev–Trinajstić information content (AvgIpc) is 2.44. The van der Waals surface area contributed by atoms with Crippen LogP contribution in [0, 0.1) is 20.8 Å². The van der Waals surface area contributed by atoms with Crippen LogP contribution in [0.3, 0.4) is 0 Å². The van der Waals surface area contributed by atoms with E-state index in [1.165, 1.54) is 32.3 Å². The van der Waals surface area contributed by atoms with Crippen molar-refractivity contribution < 1.29 is 0 Å². The maximum atomic E-state index is 3.69. The quantitative estimate of drug-likeness (QED) is 0.758. The summed E-state index contributed by atoms with van der Waals surface area (Å²) in [4.78, 5) is 0. The van der Waals surface area contributed by atoms with Crippen LogP contribution in [0.25, 0.3) is 0 Å². The molecule has 0 heterocycles. The summed E-state index contributed by atoms with van der Waals surface area (Å²) in [7, 11) is 0. The van der Waals surface area contributed by atoms with Gasteiger partial charge in [-0.2, -0.15) is 0 Å². The van der Waals surface area contributed by atoms with Gasteiger partial charge in [0.05, 0.1) is 6.04 Å². The van der Waals surface area contributed by atoms with Gasteiger partial charge in [-0.1, -0.05) is 58.7 Å². The number of aryl methyl sites for hydroxylation is 3. The van der Waals surface area contributed by atoms with Crippen LogP contribution >= 0.6 is 15.9 Å². The van der Waals surface area contributed by atoms with Crippen molar-refractivity contribution in [1.82, 2.24) is 5.32 Å². The first kappa shape index (κ1) is 16.3. The molecule has 0 fully saturated rings. The number of nitrogens with one attached hydrogen (secondary N) is 1. The van der Waals surface area contributed by atoms with Gasteiger partial charge in [0.2, 0.25) is 0 Å². The minimum Gasteiger partial charge on any atom is -0.306 e. The van der Waals surface area contributed by atoms with E-state index in [-0.39, 0.29) is 6.04 Å². The summed E-state index contributed by atoms with van der Waals surface area (Å²) < 4.78 is 1.17. The Labute approximate surface area is 136 Å². The van der Waals surface area contributed by atoms with Gasteiger partial charge >= 0.3 is 0 Å². The van der Waals surface area contributed by atoms with Crippen molar-refractivity contribution in [3.8, 4) is 0 Å². The molecule has 1 atom stereocenters. The van der Waals surface area contributed by atoms with E-state index in [4.69, 9.17) is 0 Å². The number of hydrogen-bond donors (Lipinski definition) is 1. The molecule has 0 aliphatic carbocycles. The summed E-state index contributed by atoms with van der Waals surface area (Å²) in [5.41, 5.74) is 6.65. The number of halogens is 1. The molecule has 0 saturated heterocycles. The highest BCUT2D eigenvalue weighted by atomic mass is 79.9. The maximum Gasteiger partial charge on any atom is 0.0579 e. The van der Waals surface area contributed by atoms with Crippen molar-refractivity contribution in [3.63, 3.8) is 0 Å². The molecule has 0 radical (unpaired) electrons. The van der Waals surface area contributed by atoms with Gasteiger partial charge in [0.25, 0.3) is 0 Å². The van der Waals surface area contributed by atoms with Gasteiger partial charge in [0.1, 0.15) is 0 Å². The van der Waals surface area contributed by atoms with E-state index in [1.54, 1.807) is 0 Å². The third kappa shape index (κ3) is 3.96. The molecular weight excluding hydrogens is 322 g/mol. The molecule has 112 valence electrons. The summed E-state index contributed by atoms with van der Waals surface area (Å²) in [5.74, 6) is 0. The van der Waals surface area contributed by atoms with E-state index in [2.05, 4.69) is 85.3 Å². The third-order valence-electron chi connectivity index (χ3n) is 3.85. The Hall–Kier alpha value is -1.12. The highest BCUT2D eigenvalue weighted by molar-refractivity contribution is 9.10. The van der Waals surface area contributed by atoms with Crippen LogP contribution in [0.2, 0.25) is 0 Å². The van der Waals surface area contributed by atoms with Crippen molar-refractivity contribution in [3.05, 3.63) is 68.7 Å². The van der Waals surface area contributed by atoms with E-state index in [9.17, 15) is 0 Å². The summed E-state index contributed by atoms with van der Waals surface area (Å²) >= 11 is 3.59. The Morgan fingerprint density at radius 1 is 1.00 bits per heavy atom. The molecule has 2 aromatic carbocycles. The Kier molecular flexibility index (Phi) is 5.60. The molecule has 21 heavy (non-hydrogen) atoms. The van der Waals surface area contributed by atoms with E-state index in [1.807, 2.05) is 0 Å². The summed E-state index contributed by atoms with van der Waals surface area (Å²) in [5, 5.41) is 3.69. The van der Waals surface area contributed by atoms with Crippen molar-refractivity contribution in [2.75, 3.05) is 6.54 Å². The van der Waals surface area contributed by atoms with Crippen LogP contribution in [0.5, 0.6) is 0 Å². The third-order valence-corrected chi connectivity index (χ3v) is 4.74. The molecule has 0 saturated carbocycles. The van der Waals surface area contributed by atoms with Crippen LogP contribution in [0.1, 0.15) is 47.2 Å². The van der Waals surface area contributed by atoms with Gasteiger partial charge in [-0.25, -0.2) is 0 Å². The van der Waals surface area contributed by atoms with Gasteiger partial charge in [0.15, 0.2) is 0 Å². The molecule has 0 bridgehead atoms. The first-order chi connectivity index (χ1) is 10.0. The van der Waals surface area contributed by atoms with Crippen LogP contribution in [-0.2, 0) is 0 Å². The van der Waals surface area contributed by atoms with Crippen LogP contribution in [-0.4, -0.2) is 6.54 Å². The Balaban J connectivity index is 2.44. The Morgan fingerprint density at radius 3 is 2.38 bits per heavy atom. The molecular formula is C19H24BrN. The zero-order valence-corrected chi connectivity index (χ0v) is 14.9. The summed E-state index contributed by atoms with van der Waals surface area (Å²) in [6.45, 7) is 9.72. The fourth-order valence-corrected chi connectivity index (χ4v) is 2.94. The second-order valence-electron chi connectivity index (χ2n) is 5.76. The lowest BCUT2D eigenvalue weighted by Crippen LogP contribution is -2.24. The molecule has 0 aliphatic rings. The number of hydrogen-bond acceptors (Lipinski definition) is 1. The van der Waals surface area contributed by atoms with Gasteiger partial charge in [-0.05, 0) is 62.1 Å². The van der Waals surface area contributed by atoms with E-state index < -0.39 is 0 Å². The minimum absolute atomic E-state index is 0.261. The van der Waals surface area contributed by atoms with Gasteiger partial charge in [-0.15, -0.1) is 0 Å². The lowest BCUT2D eigenvalue weighted by Gasteiger charge is -2.22. The van der Waals surface area contributed by atoms with Gasteiger partial charge in [0, 0.05) is 4.47 Å². The van der Waals surface area contributed by atoms with Crippen molar-refractivity contribution >= 4 is 15.9 Å². The molecule has 1 nitrogen and oxygen atoms in total. The summed E-state index contributed by atoms with van der Waals surface area (Å²) in [6, 6.07) is 13.6. The maximum absolute atomic E-state index is 3.69. The first-order valence-electron chi connectivity index (χ1n) is 7.59. The molecule has 2 aromatic rings. The average molecular weight is 346 g/mol. The Bertz CT molecular complexity index is 619. The van der Waals surface area contributed by atoms with Crippen LogP contribution < -0.4 is 5.32 Å². The van der Waals surface area contributed by atoms with Crippen molar-refractivity contribution in [2.45, 2.75) is 40.2 Å². The molecule has 0 spiro atoms. The Morgan fingerprint density at radius 2 is 1.76 bits per heavy atom. The minimum atomic E-state index is 0.261. The molecule has 2 rings (SSSR count). The van der Waals surface area contributed by atoms with Crippen molar-refractivity contribution in [1.29, 1.82) is 0 Å². The molecule has 0 aromatic heterocycles. The summed E-state index contributed by atoms with van der Waals surface area (Å²) in [6.07, 6.45) is 1.14. The normalized spacial score (nSPS) is 12.4. The predicted octanol–water partition coefficient (Wildman–Crippen LogP) is 5.46. The first-order valence-corrected chi connectivity index (χ1v) is 8.38. The van der Waals surface area contributed by atoms with E-state index in [0.717, 1.165) is 13.0 Å². The number of benzene rings is 2. The van der Waals surface area contributed by atoms with Gasteiger partial charge in [-0.3, -0.25) is 0 Å². The predicted molar refractivity (Wildman–Crippen MR) is 94.9 cm³/mol. The molecule has 1 unspecified atom stereocenters. The molecule has 0 amide bonds. The van der Waals surface area contributed by atoms with Crippen LogP contribution in [0.15, 0.2) is 40.9 Å². The zero-order chi connectivity index (χ0) is 15.4. The smallest absolute Gasteiger partial charge is 0.0579 e. The fourth-order valence-electron chi connectivity index (χ4n) is 2.69. The second-order valence-corrected chi connectivity index (χ2v) is 6.61. The van der Waals surface area contributed by atoms with E-state index >= 15 is 0 Å². The molecule has 0 aliphatic heterocycles. The highest BCUT2D eigenvalue weighted by Gasteiger charge is 2.16. The number of rotatable bonds is 5. The molecule has 1 N–H and O–H groups in total. The standard InChI is InChI=1S/C19H24BrN/c1-5-10-21-19(16-7-9-18(20)15(4)12-16)17-8-6-13(2)11-14(17)3/h6-9,11-12,19,21H,5,10H2,1-4H3. The lowest BCUT2D eigenvalue weighted by atomic mass is 9.93. The largest absolute Gasteiger partial charge is 0.306 e. The fraction of sp³-hybridized carbons (Fsp3) is 0.368. The highest BCUT2D eigenvalue weighted by Crippen LogP contribution is 2.28. The zero-order valence-electron chi connectivity index (χ0n) is 13.3. The topological polar surface area (TPSA) is 12.0 Å². The lowest BCUT2D eigenvalue weighted by molar-refractivity contribution is 0.596. The molecule has 2 heteroatoms. The van der Waals surface area contributed by atoms with E-state index in [0.29, 0.717) is 0 Å². The van der Waals surface area contributed by atoms with Gasteiger partial charge < -0.3 is 5.32 Å².